The van der Waals surface area contributed by atoms with Crippen LogP contribution in [0.3, 0.4) is 0 Å². The van der Waals surface area contributed by atoms with E-state index in [1.165, 1.54) is 11.8 Å². The standard InChI is InChI=1S/C18H28ClN5O2S/c1-5-6-17(26)24-8-7-23(10-13(24)4)15-9-14(19)21-18(22-15)27-11-16(25)20-12(2)3/h9,12-13H,5-8,10-11H2,1-4H3,(H,20,25)/t13-/m1/s1. The molecule has 0 saturated carbocycles. The molecule has 1 aliphatic heterocycles. The smallest absolute Gasteiger partial charge is 0.230 e. The molecule has 27 heavy (non-hydrogen) atoms. The first-order chi connectivity index (χ1) is 12.8. The fraction of sp³-hybridized carbons (Fsp3) is 0.667. The Balaban J connectivity index is 2.01. The van der Waals surface area contributed by atoms with Crippen molar-refractivity contribution >= 4 is 41.0 Å². The SMILES string of the molecule is CCCC(=O)N1CCN(c2cc(Cl)nc(SCC(=O)NC(C)C)n2)C[C@H]1C. The molecule has 0 bridgehead atoms. The Bertz CT molecular complexity index is 673. The molecule has 1 atom stereocenters. The summed E-state index contributed by atoms with van der Waals surface area (Å²) in [5.41, 5.74) is 0. The molecule has 0 aliphatic carbocycles. The van der Waals surface area contributed by atoms with Gasteiger partial charge in [0.05, 0.1) is 5.75 Å². The molecule has 9 heteroatoms. The molecule has 2 heterocycles. The van der Waals surface area contributed by atoms with Crippen LogP contribution in [0.5, 0.6) is 0 Å². The van der Waals surface area contributed by atoms with Gasteiger partial charge in [-0.15, -0.1) is 0 Å². The molecule has 1 N–H and O–H groups in total. The van der Waals surface area contributed by atoms with Crippen LogP contribution in [0.2, 0.25) is 5.15 Å². The Labute approximate surface area is 170 Å². The van der Waals surface area contributed by atoms with Gasteiger partial charge in [0.15, 0.2) is 5.16 Å². The third-order valence-corrected chi connectivity index (χ3v) is 5.22. The van der Waals surface area contributed by atoms with Gasteiger partial charge < -0.3 is 15.1 Å². The maximum atomic E-state index is 12.2. The number of nitrogens with one attached hydrogen (secondary N) is 1. The quantitative estimate of drug-likeness (QED) is 0.420. The number of hydrogen-bond donors (Lipinski definition) is 1. The Morgan fingerprint density at radius 3 is 2.74 bits per heavy atom. The van der Waals surface area contributed by atoms with Crippen molar-refractivity contribution in [3.63, 3.8) is 0 Å². The number of aromatic nitrogens is 2. The van der Waals surface area contributed by atoms with Gasteiger partial charge in [-0.05, 0) is 27.2 Å². The minimum atomic E-state index is -0.0585. The molecule has 1 aliphatic rings. The lowest BCUT2D eigenvalue weighted by Crippen LogP contribution is -2.54. The van der Waals surface area contributed by atoms with Crippen molar-refractivity contribution in [1.82, 2.24) is 20.2 Å². The highest BCUT2D eigenvalue weighted by molar-refractivity contribution is 7.99. The zero-order chi connectivity index (χ0) is 20.0. The second kappa shape index (κ2) is 10.1. The van der Waals surface area contributed by atoms with Crippen LogP contribution in [-0.4, -0.2) is 64.2 Å². The minimum Gasteiger partial charge on any atom is -0.353 e. The van der Waals surface area contributed by atoms with Crippen LogP contribution in [0, 0.1) is 0 Å². The topological polar surface area (TPSA) is 78.4 Å². The number of nitrogens with zero attached hydrogens (tertiary/aromatic N) is 4. The van der Waals surface area contributed by atoms with Gasteiger partial charge in [0.25, 0.3) is 0 Å². The second-order valence-electron chi connectivity index (χ2n) is 6.97. The Hall–Kier alpha value is -1.54. The summed E-state index contributed by atoms with van der Waals surface area (Å²) in [6.45, 7) is 9.97. The molecule has 2 amide bonds. The van der Waals surface area contributed by atoms with Gasteiger partial charge in [0, 0.05) is 44.2 Å². The van der Waals surface area contributed by atoms with E-state index in [2.05, 4.69) is 27.1 Å². The highest BCUT2D eigenvalue weighted by atomic mass is 35.5. The van der Waals surface area contributed by atoms with Gasteiger partial charge in [-0.25, -0.2) is 9.97 Å². The number of halogens is 1. The molecular weight excluding hydrogens is 386 g/mol. The molecule has 7 nitrogen and oxygen atoms in total. The first-order valence-electron chi connectivity index (χ1n) is 9.31. The summed E-state index contributed by atoms with van der Waals surface area (Å²) in [6.07, 6.45) is 1.45. The summed E-state index contributed by atoms with van der Waals surface area (Å²) in [5.74, 6) is 1.12. The van der Waals surface area contributed by atoms with Crippen molar-refractivity contribution in [3.8, 4) is 0 Å². The van der Waals surface area contributed by atoms with E-state index in [1.54, 1.807) is 6.07 Å². The monoisotopic (exact) mass is 413 g/mol. The fourth-order valence-corrected chi connectivity index (χ4v) is 3.89. The van der Waals surface area contributed by atoms with E-state index in [1.807, 2.05) is 25.7 Å². The van der Waals surface area contributed by atoms with Crippen molar-refractivity contribution in [2.75, 3.05) is 30.3 Å². The van der Waals surface area contributed by atoms with Crippen LogP contribution in [0.15, 0.2) is 11.2 Å². The van der Waals surface area contributed by atoms with E-state index in [-0.39, 0.29) is 29.7 Å². The average Bonchev–Trinajstić information content (AvgIpc) is 2.59. The molecule has 1 saturated heterocycles. The number of hydrogen-bond acceptors (Lipinski definition) is 6. The molecule has 0 unspecified atom stereocenters. The summed E-state index contributed by atoms with van der Waals surface area (Å²) in [6, 6.07) is 1.94. The van der Waals surface area contributed by atoms with Crippen LogP contribution in [-0.2, 0) is 9.59 Å². The van der Waals surface area contributed by atoms with E-state index < -0.39 is 0 Å². The fourth-order valence-electron chi connectivity index (χ4n) is 3.00. The molecule has 0 spiro atoms. The largest absolute Gasteiger partial charge is 0.353 e. The number of anilines is 1. The number of rotatable bonds is 7. The second-order valence-corrected chi connectivity index (χ2v) is 8.30. The van der Waals surface area contributed by atoms with Crippen molar-refractivity contribution in [3.05, 3.63) is 11.2 Å². The highest BCUT2D eigenvalue weighted by Gasteiger charge is 2.28. The predicted octanol–water partition coefficient (Wildman–Crippen LogP) is 2.58. The van der Waals surface area contributed by atoms with E-state index in [0.717, 1.165) is 12.2 Å². The molecular formula is C18H28ClN5O2S. The predicted molar refractivity (Wildman–Crippen MR) is 109 cm³/mol. The summed E-state index contributed by atoms with van der Waals surface area (Å²) >= 11 is 7.44. The summed E-state index contributed by atoms with van der Waals surface area (Å²) < 4.78 is 0. The van der Waals surface area contributed by atoms with Crippen LogP contribution in [0.1, 0.15) is 40.5 Å². The molecule has 150 valence electrons. The molecule has 1 aromatic heterocycles. The van der Waals surface area contributed by atoms with Gasteiger partial charge >= 0.3 is 0 Å². The zero-order valence-corrected chi connectivity index (χ0v) is 17.9. The first-order valence-corrected chi connectivity index (χ1v) is 10.7. The molecule has 2 rings (SSSR count). The van der Waals surface area contributed by atoms with Crippen LogP contribution < -0.4 is 10.2 Å². The number of carbonyl (C=O) groups excluding carboxylic acids is 2. The lowest BCUT2D eigenvalue weighted by Gasteiger charge is -2.40. The van der Waals surface area contributed by atoms with E-state index in [0.29, 0.717) is 36.4 Å². The van der Waals surface area contributed by atoms with Gasteiger partial charge in [-0.3, -0.25) is 9.59 Å². The number of thioether (sulfide) groups is 1. The molecule has 0 aromatic carbocycles. The lowest BCUT2D eigenvalue weighted by molar-refractivity contribution is -0.133. The van der Waals surface area contributed by atoms with Crippen LogP contribution in [0.25, 0.3) is 0 Å². The summed E-state index contributed by atoms with van der Waals surface area (Å²) in [7, 11) is 0. The van der Waals surface area contributed by atoms with Gasteiger partial charge in [-0.2, -0.15) is 0 Å². The maximum absolute atomic E-state index is 12.2. The molecule has 0 radical (unpaired) electrons. The van der Waals surface area contributed by atoms with E-state index in [4.69, 9.17) is 11.6 Å². The van der Waals surface area contributed by atoms with Gasteiger partial charge in [-0.1, -0.05) is 30.3 Å². The molecule has 1 aromatic rings. The summed E-state index contributed by atoms with van der Waals surface area (Å²) in [5, 5.41) is 3.67. The Morgan fingerprint density at radius 2 is 2.11 bits per heavy atom. The Kier molecular flexibility index (Phi) is 8.16. The first kappa shape index (κ1) is 21.8. The minimum absolute atomic E-state index is 0.0585. The van der Waals surface area contributed by atoms with Crippen LogP contribution >= 0.6 is 23.4 Å². The van der Waals surface area contributed by atoms with Crippen molar-refractivity contribution in [1.29, 1.82) is 0 Å². The number of carbonyl (C=O) groups is 2. The zero-order valence-electron chi connectivity index (χ0n) is 16.4. The Morgan fingerprint density at radius 1 is 1.37 bits per heavy atom. The maximum Gasteiger partial charge on any atom is 0.230 e. The van der Waals surface area contributed by atoms with Crippen LogP contribution in [0.4, 0.5) is 5.82 Å². The number of amides is 2. The highest BCUT2D eigenvalue weighted by Crippen LogP contribution is 2.24. The van der Waals surface area contributed by atoms with Crippen molar-refractivity contribution in [2.45, 2.75) is 57.8 Å². The van der Waals surface area contributed by atoms with Gasteiger partial charge in [0.1, 0.15) is 11.0 Å². The number of piperazine rings is 1. The van der Waals surface area contributed by atoms with E-state index >= 15 is 0 Å². The summed E-state index contributed by atoms with van der Waals surface area (Å²) in [4.78, 5) is 36.9. The van der Waals surface area contributed by atoms with Crippen molar-refractivity contribution in [2.24, 2.45) is 0 Å². The lowest BCUT2D eigenvalue weighted by atomic mass is 10.1. The van der Waals surface area contributed by atoms with Crippen molar-refractivity contribution < 1.29 is 9.59 Å². The average molecular weight is 414 g/mol. The normalized spacial score (nSPS) is 17.3. The van der Waals surface area contributed by atoms with E-state index in [9.17, 15) is 9.59 Å². The third kappa shape index (κ3) is 6.53. The third-order valence-electron chi connectivity index (χ3n) is 4.18. The van der Waals surface area contributed by atoms with Gasteiger partial charge in [0.2, 0.25) is 11.8 Å². The molecule has 1 fully saturated rings.